The Hall–Kier alpha value is -2.12. The molecule has 0 atom stereocenters. The van der Waals surface area contributed by atoms with Gasteiger partial charge in [-0.25, -0.2) is 0 Å². The third kappa shape index (κ3) is 3.52. The first-order valence-electron chi connectivity index (χ1n) is 3.57. The summed E-state index contributed by atoms with van der Waals surface area (Å²) < 4.78 is 0. The molecule has 0 saturated heterocycles. The van der Waals surface area contributed by atoms with E-state index in [1.54, 1.807) is 10.9 Å². The van der Waals surface area contributed by atoms with Gasteiger partial charge < -0.3 is 10.6 Å². The molecule has 0 aromatic carbocycles. The summed E-state index contributed by atoms with van der Waals surface area (Å²) >= 11 is 0. The van der Waals surface area contributed by atoms with Crippen molar-refractivity contribution in [2.24, 2.45) is 0 Å². The minimum absolute atomic E-state index is 0.929. The lowest BCUT2D eigenvalue weighted by molar-refractivity contribution is -0.143. The van der Waals surface area contributed by atoms with Crippen molar-refractivity contribution in [2.75, 3.05) is 14.1 Å². The summed E-state index contributed by atoms with van der Waals surface area (Å²) in [4.78, 5) is 42.6. The highest BCUT2D eigenvalue weighted by molar-refractivity contribution is 6.37. The van der Waals surface area contributed by atoms with E-state index < -0.39 is 23.6 Å². The maximum Gasteiger partial charge on any atom is 0.327 e. The average Bonchev–Trinajstić information content (AvgIpc) is 2.22. The molecule has 0 aliphatic rings. The quantitative estimate of drug-likeness (QED) is 0.242. The predicted octanol–water partition coefficient (Wildman–Crippen LogP) is -3.37. The lowest BCUT2D eigenvalue weighted by Gasteiger charge is -2.04. The van der Waals surface area contributed by atoms with E-state index in [2.05, 4.69) is 0 Å². The Morgan fingerprint density at radius 1 is 0.643 bits per heavy atom. The molecule has 14 heavy (non-hydrogen) atoms. The lowest BCUT2D eigenvalue weighted by atomic mass is 10.5. The number of carbonyl (C=O) groups excluding carboxylic acids is 4. The predicted molar refractivity (Wildman–Crippen MR) is 44.4 cm³/mol. The van der Waals surface area contributed by atoms with E-state index in [9.17, 15) is 19.2 Å². The Kier molecular flexibility index (Phi) is 4.68. The van der Waals surface area contributed by atoms with E-state index in [0.717, 1.165) is 0 Å². The second-order valence-corrected chi connectivity index (χ2v) is 2.07. The number of hydrazine groups is 1. The van der Waals surface area contributed by atoms with Crippen LogP contribution in [0.5, 0.6) is 0 Å². The van der Waals surface area contributed by atoms with Crippen LogP contribution < -0.4 is 21.5 Å². The Balaban J connectivity index is 3.95. The van der Waals surface area contributed by atoms with Gasteiger partial charge in [0.15, 0.2) is 0 Å². The maximum absolute atomic E-state index is 10.7. The fraction of sp³-hybridized carbons (Fsp3) is 0.333. The molecule has 8 nitrogen and oxygen atoms in total. The zero-order valence-corrected chi connectivity index (χ0v) is 7.63. The molecule has 0 fully saturated rings. The van der Waals surface area contributed by atoms with Crippen LogP contribution in [0, 0.1) is 0 Å². The van der Waals surface area contributed by atoms with Crippen LogP contribution in [-0.4, -0.2) is 37.7 Å². The second-order valence-electron chi connectivity index (χ2n) is 2.07. The summed E-state index contributed by atoms with van der Waals surface area (Å²) in [6, 6.07) is 0. The number of nitrogens with one attached hydrogen (secondary N) is 4. The Labute approximate surface area is 79.4 Å². The minimum atomic E-state index is -1.07. The summed E-state index contributed by atoms with van der Waals surface area (Å²) in [5.41, 5.74) is 3.47. The monoisotopic (exact) mass is 202 g/mol. The number of hydrogen-bond acceptors (Lipinski definition) is 4. The molecule has 0 aromatic rings. The van der Waals surface area contributed by atoms with Crippen LogP contribution in [0.4, 0.5) is 0 Å². The highest BCUT2D eigenvalue weighted by Crippen LogP contribution is 1.66. The fourth-order valence-corrected chi connectivity index (χ4v) is 0.454. The lowest BCUT2D eigenvalue weighted by Crippen LogP contribution is -2.51. The number of hydrogen-bond donors (Lipinski definition) is 4. The highest BCUT2D eigenvalue weighted by Gasteiger charge is 2.15. The van der Waals surface area contributed by atoms with Crippen LogP contribution in [0.15, 0.2) is 0 Å². The van der Waals surface area contributed by atoms with E-state index in [0.29, 0.717) is 0 Å². The van der Waals surface area contributed by atoms with Crippen molar-refractivity contribution in [3.05, 3.63) is 0 Å². The van der Waals surface area contributed by atoms with Crippen molar-refractivity contribution in [1.82, 2.24) is 21.5 Å². The van der Waals surface area contributed by atoms with Crippen molar-refractivity contribution < 1.29 is 19.2 Å². The Bertz CT molecular complexity index is 247. The molecule has 0 radical (unpaired) electrons. The van der Waals surface area contributed by atoms with Crippen LogP contribution in [0.3, 0.4) is 0 Å². The SMILES string of the molecule is CNC(=O)C(=O)NNC(=O)C(=O)NC. The maximum atomic E-state index is 10.7. The van der Waals surface area contributed by atoms with Crippen molar-refractivity contribution in [2.45, 2.75) is 0 Å². The largest absolute Gasteiger partial charge is 0.351 e. The van der Waals surface area contributed by atoms with Gasteiger partial charge in [0.05, 0.1) is 0 Å². The van der Waals surface area contributed by atoms with Gasteiger partial charge in [-0.3, -0.25) is 30.0 Å². The van der Waals surface area contributed by atoms with Crippen LogP contribution in [0.2, 0.25) is 0 Å². The van der Waals surface area contributed by atoms with Gasteiger partial charge in [-0.05, 0) is 0 Å². The molecule has 0 unspecified atom stereocenters. The molecule has 8 heteroatoms. The standard InChI is InChI=1S/C6H10N4O4/c1-7-3(11)5(13)9-10-6(14)4(12)8-2/h1-2H3,(H,7,11)(H,8,12)(H,9,13)(H,10,14). The van der Waals surface area contributed by atoms with Crippen LogP contribution in [0.1, 0.15) is 0 Å². The van der Waals surface area contributed by atoms with Gasteiger partial charge >= 0.3 is 23.6 Å². The average molecular weight is 202 g/mol. The topological polar surface area (TPSA) is 116 Å². The third-order valence-electron chi connectivity index (χ3n) is 1.16. The summed E-state index contributed by atoms with van der Waals surface area (Å²) in [5.74, 6) is -3.99. The number of rotatable bonds is 0. The first kappa shape index (κ1) is 11.9. The summed E-state index contributed by atoms with van der Waals surface area (Å²) in [6.07, 6.45) is 0. The zero-order valence-electron chi connectivity index (χ0n) is 7.63. The number of carbonyl (C=O) groups is 4. The molecule has 0 rings (SSSR count). The summed E-state index contributed by atoms with van der Waals surface area (Å²) in [6.45, 7) is 0. The third-order valence-corrected chi connectivity index (χ3v) is 1.16. The van der Waals surface area contributed by atoms with Gasteiger partial charge in [-0.15, -0.1) is 0 Å². The molecule has 0 aromatic heterocycles. The van der Waals surface area contributed by atoms with Crippen molar-refractivity contribution >= 4 is 23.6 Å². The van der Waals surface area contributed by atoms with Crippen LogP contribution >= 0.6 is 0 Å². The number of likely N-dealkylation sites (N-methyl/N-ethyl adjacent to an activating group) is 2. The molecule has 78 valence electrons. The fourth-order valence-electron chi connectivity index (χ4n) is 0.454. The molecule has 4 N–H and O–H groups in total. The molecular formula is C6H10N4O4. The van der Waals surface area contributed by atoms with Gasteiger partial charge in [0.2, 0.25) is 0 Å². The van der Waals surface area contributed by atoms with E-state index in [-0.39, 0.29) is 0 Å². The van der Waals surface area contributed by atoms with Gasteiger partial charge in [0, 0.05) is 14.1 Å². The van der Waals surface area contributed by atoms with Gasteiger partial charge in [0.25, 0.3) is 0 Å². The zero-order chi connectivity index (χ0) is 11.1. The van der Waals surface area contributed by atoms with E-state index in [4.69, 9.17) is 0 Å². The molecule has 0 saturated carbocycles. The van der Waals surface area contributed by atoms with Gasteiger partial charge in [-0.1, -0.05) is 0 Å². The molecule has 4 amide bonds. The normalized spacial score (nSPS) is 8.43. The van der Waals surface area contributed by atoms with Crippen molar-refractivity contribution in [3.8, 4) is 0 Å². The van der Waals surface area contributed by atoms with Gasteiger partial charge in [-0.2, -0.15) is 0 Å². The molecule has 0 spiro atoms. The first-order chi connectivity index (χ1) is 6.52. The van der Waals surface area contributed by atoms with E-state index >= 15 is 0 Å². The van der Waals surface area contributed by atoms with Crippen molar-refractivity contribution in [1.29, 1.82) is 0 Å². The molecule has 0 aliphatic heterocycles. The van der Waals surface area contributed by atoms with Crippen LogP contribution in [0.25, 0.3) is 0 Å². The Morgan fingerprint density at radius 3 is 1.14 bits per heavy atom. The van der Waals surface area contributed by atoms with E-state index in [1.807, 2.05) is 10.6 Å². The van der Waals surface area contributed by atoms with Gasteiger partial charge in [0.1, 0.15) is 0 Å². The number of amides is 4. The minimum Gasteiger partial charge on any atom is -0.351 e. The highest BCUT2D eigenvalue weighted by atomic mass is 16.2. The van der Waals surface area contributed by atoms with Crippen LogP contribution in [-0.2, 0) is 19.2 Å². The molecule has 0 heterocycles. The second kappa shape index (κ2) is 5.51. The smallest absolute Gasteiger partial charge is 0.327 e. The Morgan fingerprint density at radius 2 is 0.929 bits per heavy atom. The van der Waals surface area contributed by atoms with Crippen molar-refractivity contribution in [3.63, 3.8) is 0 Å². The summed E-state index contributed by atoms with van der Waals surface area (Å²) in [5, 5.41) is 4.06. The summed E-state index contributed by atoms with van der Waals surface area (Å²) in [7, 11) is 2.50. The molecule has 0 bridgehead atoms. The first-order valence-corrected chi connectivity index (χ1v) is 3.57. The molecular weight excluding hydrogens is 192 g/mol. The van der Waals surface area contributed by atoms with E-state index in [1.165, 1.54) is 14.1 Å². The molecule has 0 aliphatic carbocycles.